The lowest BCUT2D eigenvalue weighted by Crippen LogP contribution is -2.04. The van der Waals surface area contributed by atoms with E-state index in [1.807, 2.05) is 20.2 Å². The van der Waals surface area contributed by atoms with Crippen LogP contribution in [0.15, 0.2) is 24.4 Å². The highest BCUT2D eigenvalue weighted by Crippen LogP contribution is 2.22. The van der Waals surface area contributed by atoms with Gasteiger partial charge < -0.3 is 11.1 Å². The number of para-hydroxylation sites is 1. The molecule has 0 spiro atoms. The molecule has 0 unspecified atom stereocenters. The summed E-state index contributed by atoms with van der Waals surface area (Å²) >= 11 is 0. The minimum Gasteiger partial charge on any atom is -0.395 e. The molecule has 1 aromatic carbocycles. The average molecular weight is 234 g/mol. The van der Waals surface area contributed by atoms with E-state index in [4.69, 9.17) is 5.73 Å². The number of nitrogens with two attached hydrogens (primary N) is 1. The van der Waals surface area contributed by atoms with Crippen LogP contribution in [0.25, 0.3) is 0 Å². The zero-order valence-electron chi connectivity index (χ0n) is 9.87. The van der Waals surface area contributed by atoms with Crippen LogP contribution in [0.3, 0.4) is 0 Å². The minimum absolute atomic E-state index is 0.147. The number of nitrogens with one attached hydrogen (secondary N) is 1. The third-order valence-electron chi connectivity index (χ3n) is 2.64. The van der Waals surface area contributed by atoms with Crippen LogP contribution in [0.1, 0.15) is 11.3 Å². The molecule has 17 heavy (non-hydrogen) atoms. The van der Waals surface area contributed by atoms with Crippen molar-refractivity contribution in [3.8, 4) is 0 Å². The SMILES string of the molecule is Cc1nn(C)cc1CNc1cccc(F)c1N. The van der Waals surface area contributed by atoms with E-state index in [2.05, 4.69) is 10.4 Å². The first kappa shape index (κ1) is 11.4. The van der Waals surface area contributed by atoms with Gasteiger partial charge in [0.25, 0.3) is 0 Å². The molecular formula is C12H15FN4. The number of halogens is 1. The van der Waals surface area contributed by atoms with Crippen LogP contribution in [0.5, 0.6) is 0 Å². The topological polar surface area (TPSA) is 55.9 Å². The zero-order chi connectivity index (χ0) is 12.4. The predicted molar refractivity (Wildman–Crippen MR) is 66.1 cm³/mol. The second-order valence-electron chi connectivity index (χ2n) is 3.97. The van der Waals surface area contributed by atoms with Gasteiger partial charge in [-0.2, -0.15) is 5.10 Å². The van der Waals surface area contributed by atoms with Crippen LogP contribution in [0.2, 0.25) is 0 Å². The summed E-state index contributed by atoms with van der Waals surface area (Å²) in [6.45, 7) is 2.51. The van der Waals surface area contributed by atoms with Crippen molar-refractivity contribution in [2.45, 2.75) is 13.5 Å². The number of nitrogen functional groups attached to an aromatic ring is 1. The van der Waals surface area contributed by atoms with Crippen molar-refractivity contribution in [2.75, 3.05) is 11.1 Å². The molecule has 0 saturated carbocycles. The second-order valence-corrected chi connectivity index (χ2v) is 3.97. The number of anilines is 2. The molecule has 1 heterocycles. The Hall–Kier alpha value is -2.04. The van der Waals surface area contributed by atoms with Crippen LogP contribution < -0.4 is 11.1 Å². The van der Waals surface area contributed by atoms with Crippen LogP contribution >= 0.6 is 0 Å². The molecule has 0 bridgehead atoms. The summed E-state index contributed by atoms with van der Waals surface area (Å²) < 4.78 is 15.0. The van der Waals surface area contributed by atoms with E-state index in [1.165, 1.54) is 6.07 Å². The van der Waals surface area contributed by atoms with E-state index in [0.29, 0.717) is 12.2 Å². The van der Waals surface area contributed by atoms with Crippen LogP contribution in [-0.4, -0.2) is 9.78 Å². The molecule has 1 aromatic heterocycles. The normalized spacial score (nSPS) is 10.5. The van der Waals surface area contributed by atoms with E-state index in [0.717, 1.165) is 11.3 Å². The molecule has 0 saturated heterocycles. The fourth-order valence-electron chi connectivity index (χ4n) is 1.70. The number of hydrogen-bond acceptors (Lipinski definition) is 3. The average Bonchev–Trinajstić information content (AvgIpc) is 2.60. The summed E-state index contributed by atoms with van der Waals surface area (Å²) in [5.74, 6) is -0.405. The molecule has 5 heteroatoms. The van der Waals surface area contributed by atoms with Gasteiger partial charge in [-0.25, -0.2) is 4.39 Å². The van der Waals surface area contributed by atoms with Gasteiger partial charge in [-0.05, 0) is 19.1 Å². The van der Waals surface area contributed by atoms with Crippen molar-refractivity contribution in [2.24, 2.45) is 7.05 Å². The molecule has 0 aliphatic heterocycles. The fraction of sp³-hybridized carbons (Fsp3) is 0.250. The summed E-state index contributed by atoms with van der Waals surface area (Å²) in [5, 5.41) is 7.34. The number of hydrogen-bond donors (Lipinski definition) is 2. The molecule has 0 fully saturated rings. The Bertz CT molecular complexity index is 533. The molecule has 0 aliphatic rings. The number of rotatable bonds is 3. The Morgan fingerprint density at radius 3 is 2.88 bits per heavy atom. The van der Waals surface area contributed by atoms with E-state index < -0.39 is 5.82 Å². The first-order chi connectivity index (χ1) is 8.08. The highest BCUT2D eigenvalue weighted by Gasteiger charge is 2.06. The molecule has 2 aromatic rings. The lowest BCUT2D eigenvalue weighted by atomic mass is 10.2. The summed E-state index contributed by atoms with van der Waals surface area (Å²) in [7, 11) is 1.87. The van der Waals surface area contributed by atoms with Gasteiger partial charge in [-0.15, -0.1) is 0 Å². The molecule has 90 valence electrons. The first-order valence-corrected chi connectivity index (χ1v) is 5.35. The van der Waals surface area contributed by atoms with Crippen molar-refractivity contribution in [1.82, 2.24) is 9.78 Å². The second kappa shape index (κ2) is 4.45. The van der Waals surface area contributed by atoms with E-state index in [1.54, 1.807) is 16.8 Å². The number of benzene rings is 1. The summed E-state index contributed by atoms with van der Waals surface area (Å²) in [6.07, 6.45) is 1.93. The molecule has 4 nitrogen and oxygen atoms in total. The van der Waals surface area contributed by atoms with Gasteiger partial charge in [0.1, 0.15) is 5.82 Å². The van der Waals surface area contributed by atoms with Gasteiger partial charge >= 0.3 is 0 Å². The molecule has 0 amide bonds. The molecule has 0 atom stereocenters. The van der Waals surface area contributed by atoms with Crippen LogP contribution in [-0.2, 0) is 13.6 Å². The van der Waals surface area contributed by atoms with Crippen molar-refractivity contribution < 1.29 is 4.39 Å². The molecular weight excluding hydrogens is 219 g/mol. The molecule has 0 aliphatic carbocycles. The number of aryl methyl sites for hydroxylation is 2. The van der Waals surface area contributed by atoms with E-state index >= 15 is 0 Å². The summed E-state index contributed by atoms with van der Waals surface area (Å²) in [5.41, 5.74) is 8.40. The molecule has 0 radical (unpaired) electrons. The maximum absolute atomic E-state index is 13.2. The van der Waals surface area contributed by atoms with Gasteiger partial charge in [0.05, 0.1) is 17.1 Å². The first-order valence-electron chi connectivity index (χ1n) is 5.35. The van der Waals surface area contributed by atoms with Crippen LogP contribution in [0, 0.1) is 12.7 Å². The number of nitrogens with zero attached hydrogens (tertiary/aromatic N) is 2. The molecule has 2 rings (SSSR count). The Morgan fingerprint density at radius 1 is 1.47 bits per heavy atom. The lowest BCUT2D eigenvalue weighted by molar-refractivity contribution is 0.633. The number of aromatic nitrogens is 2. The van der Waals surface area contributed by atoms with Gasteiger partial charge in [-0.3, -0.25) is 4.68 Å². The molecule has 3 N–H and O–H groups in total. The van der Waals surface area contributed by atoms with Gasteiger partial charge in [0.15, 0.2) is 0 Å². The fourth-order valence-corrected chi connectivity index (χ4v) is 1.70. The summed E-state index contributed by atoms with van der Waals surface area (Å²) in [4.78, 5) is 0. The van der Waals surface area contributed by atoms with Crippen molar-refractivity contribution in [3.63, 3.8) is 0 Å². The zero-order valence-corrected chi connectivity index (χ0v) is 9.87. The van der Waals surface area contributed by atoms with Gasteiger partial charge in [-0.1, -0.05) is 6.07 Å². The standard InChI is InChI=1S/C12H15FN4/c1-8-9(7-17(2)16-8)6-15-11-5-3-4-10(13)12(11)14/h3-5,7,15H,6,14H2,1-2H3. The highest BCUT2D eigenvalue weighted by molar-refractivity contribution is 5.66. The van der Waals surface area contributed by atoms with Crippen LogP contribution in [0.4, 0.5) is 15.8 Å². The highest BCUT2D eigenvalue weighted by atomic mass is 19.1. The Morgan fingerprint density at radius 2 is 2.24 bits per heavy atom. The van der Waals surface area contributed by atoms with Crippen molar-refractivity contribution >= 4 is 11.4 Å². The largest absolute Gasteiger partial charge is 0.395 e. The minimum atomic E-state index is -0.405. The Balaban J connectivity index is 2.12. The van der Waals surface area contributed by atoms with E-state index in [9.17, 15) is 4.39 Å². The third kappa shape index (κ3) is 2.38. The van der Waals surface area contributed by atoms with Crippen molar-refractivity contribution in [3.05, 3.63) is 41.5 Å². The maximum Gasteiger partial charge on any atom is 0.148 e. The maximum atomic E-state index is 13.2. The predicted octanol–water partition coefficient (Wildman–Crippen LogP) is 2.06. The van der Waals surface area contributed by atoms with Gasteiger partial charge in [0, 0.05) is 25.4 Å². The van der Waals surface area contributed by atoms with Crippen molar-refractivity contribution in [1.29, 1.82) is 0 Å². The smallest absolute Gasteiger partial charge is 0.148 e. The quantitative estimate of drug-likeness (QED) is 0.799. The van der Waals surface area contributed by atoms with Gasteiger partial charge in [0.2, 0.25) is 0 Å². The third-order valence-corrected chi connectivity index (χ3v) is 2.64. The lowest BCUT2D eigenvalue weighted by Gasteiger charge is -2.08. The van der Waals surface area contributed by atoms with E-state index in [-0.39, 0.29) is 5.69 Å². The monoisotopic (exact) mass is 234 g/mol. The Kier molecular flexibility index (Phi) is 2.99. The summed E-state index contributed by atoms with van der Waals surface area (Å²) in [6, 6.07) is 4.73. The Labute approximate surface area is 99.2 Å².